The summed E-state index contributed by atoms with van der Waals surface area (Å²) in [4.78, 5) is 2.34. The Balaban J connectivity index is 2.67. The fraction of sp³-hybridized carbons (Fsp3) is 0.600. The summed E-state index contributed by atoms with van der Waals surface area (Å²) in [6.45, 7) is 10.0. The normalized spacial score (nSPS) is 15.9. The molecule has 2 heteroatoms. The Hall–Kier alpha value is -0.860. The summed E-state index contributed by atoms with van der Waals surface area (Å²) in [6, 6.07) is 10.7. The molecule has 1 aromatic rings. The van der Waals surface area contributed by atoms with Gasteiger partial charge in [0.2, 0.25) is 0 Å². The van der Waals surface area contributed by atoms with E-state index in [1.807, 2.05) is 18.2 Å². The molecule has 1 aromatic carbocycles. The molecular formula is C15H26N2. The molecule has 0 saturated carbocycles. The lowest BCUT2D eigenvalue weighted by molar-refractivity contribution is 0.163. The zero-order chi connectivity index (χ0) is 13.1. The molecule has 0 amide bonds. The van der Waals surface area contributed by atoms with E-state index in [0.717, 1.165) is 6.54 Å². The van der Waals surface area contributed by atoms with Gasteiger partial charge in [0.05, 0.1) is 0 Å². The minimum atomic E-state index is 0.0727. The molecule has 0 radical (unpaired) electrons. The highest BCUT2D eigenvalue weighted by Crippen LogP contribution is 2.21. The van der Waals surface area contributed by atoms with Crippen molar-refractivity contribution in [1.82, 2.24) is 4.90 Å². The van der Waals surface area contributed by atoms with Crippen LogP contribution in [0.15, 0.2) is 30.3 Å². The number of rotatable bonds is 4. The summed E-state index contributed by atoms with van der Waals surface area (Å²) < 4.78 is 0. The topological polar surface area (TPSA) is 29.3 Å². The molecule has 0 heterocycles. The molecule has 2 N–H and O–H groups in total. The van der Waals surface area contributed by atoms with Crippen molar-refractivity contribution in [2.24, 2.45) is 11.1 Å². The van der Waals surface area contributed by atoms with E-state index in [4.69, 9.17) is 5.73 Å². The van der Waals surface area contributed by atoms with Crippen LogP contribution in [0.3, 0.4) is 0 Å². The minimum absolute atomic E-state index is 0.0727. The number of hydrogen-bond donors (Lipinski definition) is 1. The molecule has 0 bridgehead atoms. The molecule has 1 rings (SSSR count). The molecular weight excluding hydrogens is 208 g/mol. The monoisotopic (exact) mass is 234 g/mol. The van der Waals surface area contributed by atoms with Crippen LogP contribution < -0.4 is 5.73 Å². The van der Waals surface area contributed by atoms with E-state index in [0.29, 0.717) is 11.5 Å². The van der Waals surface area contributed by atoms with Crippen molar-refractivity contribution in [3.63, 3.8) is 0 Å². The summed E-state index contributed by atoms with van der Waals surface area (Å²) in [5.41, 5.74) is 7.83. The second kappa shape index (κ2) is 5.65. The Kier molecular flexibility index (Phi) is 4.72. The van der Waals surface area contributed by atoms with Crippen molar-refractivity contribution >= 4 is 0 Å². The van der Waals surface area contributed by atoms with Gasteiger partial charge in [-0.1, -0.05) is 51.1 Å². The molecule has 96 valence electrons. The molecule has 0 saturated heterocycles. The first-order valence-electron chi connectivity index (χ1n) is 6.32. The average Bonchev–Trinajstić information content (AvgIpc) is 2.26. The van der Waals surface area contributed by atoms with E-state index in [9.17, 15) is 0 Å². The van der Waals surface area contributed by atoms with Gasteiger partial charge < -0.3 is 10.6 Å². The van der Waals surface area contributed by atoms with Gasteiger partial charge in [-0.3, -0.25) is 0 Å². The highest BCUT2D eigenvalue weighted by Gasteiger charge is 2.22. The summed E-state index contributed by atoms with van der Waals surface area (Å²) in [7, 11) is 2.15. The SMILES string of the molecule is CC(C(N)c1ccccc1)N(C)CC(C)(C)C. The third-order valence-corrected chi connectivity index (χ3v) is 3.12. The Labute approximate surface area is 106 Å². The Morgan fingerprint density at radius 2 is 1.71 bits per heavy atom. The quantitative estimate of drug-likeness (QED) is 0.867. The highest BCUT2D eigenvalue weighted by atomic mass is 15.1. The van der Waals surface area contributed by atoms with Gasteiger partial charge in [-0.25, -0.2) is 0 Å². The van der Waals surface area contributed by atoms with E-state index >= 15 is 0 Å². The van der Waals surface area contributed by atoms with E-state index in [1.165, 1.54) is 5.56 Å². The first-order valence-corrected chi connectivity index (χ1v) is 6.32. The molecule has 2 nitrogen and oxygen atoms in total. The standard InChI is InChI=1S/C15H26N2/c1-12(17(5)11-15(2,3)4)14(16)13-9-7-6-8-10-13/h6-10,12,14H,11,16H2,1-5H3. The number of nitrogens with two attached hydrogens (primary N) is 1. The van der Waals surface area contributed by atoms with E-state index < -0.39 is 0 Å². The molecule has 0 aliphatic carbocycles. The summed E-state index contributed by atoms with van der Waals surface area (Å²) >= 11 is 0. The van der Waals surface area contributed by atoms with Crippen LogP contribution in [-0.4, -0.2) is 24.5 Å². The van der Waals surface area contributed by atoms with Crippen LogP contribution in [0.4, 0.5) is 0 Å². The lowest BCUT2D eigenvalue weighted by atomic mass is 9.93. The Morgan fingerprint density at radius 3 is 2.18 bits per heavy atom. The number of benzene rings is 1. The van der Waals surface area contributed by atoms with Crippen LogP contribution in [0.25, 0.3) is 0 Å². The van der Waals surface area contributed by atoms with Crippen molar-refractivity contribution in [3.05, 3.63) is 35.9 Å². The molecule has 17 heavy (non-hydrogen) atoms. The van der Waals surface area contributed by atoms with Crippen LogP contribution in [0, 0.1) is 5.41 Å². The fourth-order valence-electron chi connectivity index (χ4n) is 2.12. The van der Waals surface area contributed by atoms with Crippen molar-refractivity contribution in [3.8, 4) is 0 Å². The zero-order valence-electron chi connectivity index (χ0n) is 11.8. The Morgan fingerprint density at radius 1 is 1.18 bits per heavy atom. The van der Waals surface area contributed by atoms with Crippen LogP contribution in [0.5, 0.6) is 0 Å². The maximum atomic E-state index is 6.32. The van der Waals surface area contributed by atoms with Gasteiger partial charge in [0.1, 0.15) is 0 Å². The lowest BCUT2D eigenvalue weighted by Gasteiger charge is -2.34. The molecule has 0 fully saturated rings. The van der Waals surface area contributed by atoms with Crippen LogP contribution in [-0.2, 0) is 0 Å². The molecule has 2 atom stereocenters. The molecule has 0 spiro atoms. The predicted octanol–water partition coefficient (Wildman–Crippen LogP) is 3.05. The van der Waals surface area contributed by atoms with Gasteiger partial charge in [-0.05, 0) is 24.9 Å². The molecule has 0 aliphatic rings. The van der Waals surface area contributed by atoms with Gasteiger partial charge in [0.25, 0.3) is 0 Å². The largest absolute Gasteiger partial charge is 0.323 e. The third-order valence-electron chi connectivity index (χ3n) is 3.12. The summed E-state index contributed by atoms with van der Waals surface area (Å²) in [6.07, 6.45) is 0. The fourth-order valence-corrected chi connectivity index (χ4v) is 2.12. The van der Waals surface area contributed by atoms with Crippen molar-refractivity contribution in [1.29, 1.82) is 0 Å². The van der Waals surface area contributed by atoms with Crippen molar-refractivity contribution < 1.29 is 0 Å². The molecule has 2 unspecified atom stereocenters. The van der Waals surface area contributed by atoms with Gasteiger partial charge in [0.15, 0.2) is 0 Å². The maximum absolute atomic E-state index is 6.32. The minimum Gasteiger partial charge on any atom is -0.323 e. The van der Waals surface area contributed by atoms with Gasteiger partial charge in [-0.15, -0.1) is 0 Å². The van der Waals surface area contributed by atoms with Gasteiger partial charge >= 0.3 is 0 Å². The maximum Gasteiger partial charge on any atom is 0.0450 e. The van der Waals surface area contributed by atoms with Crippen LogP contribution in [0.2, 0.25) is 0 Å². The lowest BCUT2D eigenvalue weighted by Crippen LogP contribution is -2.42. The third kappa shape index (κ3) is 4.49. The molecule has 0 aromatic heterocycles. The van der Waals surface area contributed by atoms with Crippen LogP contribution >= 0.6 is 0 Å². The smallest absolute Gasteiger partial charge is 0.0450 e. The number of nitrogens with zero attached hydrogens (tertiary/aromatic N) is 1. The second-order valence-corrected chi connectivity index (χ2v) is 6.15. The van der Waals surface area contributed by atoms with Crippen molar-refractivity contribution in [2.45, 2.75) is 39.8 Å². The van der Waals surface area contributed by atoms with E-state index in [2.05, 4.69) is 51.8 Å². The predicted molar refractivity (Wildman–Crippen MR) is 74.9 cm³/mol. The summed E-state index contributed by atoms with van der Waals surface area (Å²) in [5.74, 6) is 0. The first kappa shape index (κ1) is 14.2. The van der Waals surface area contributed by atoms with Crippen LogP contribution in [0.1, 0.15) is 39.3 Å². The first-order chi connectivity index (χ1) is 7.81. The second-order valence-electron chi connectivity index (χ2n) is 6.15. The highest BCUT2D eigenvalue weighted by molar-refractivity contribution is 5.19. The number of hydrogen-bond acceptors (Lipinski definition) is 2. The van der Waals surface area contributed by atoms with E-state index in [-0.39, 0.29) is 6.04 Å². The van der Waals surface area contributed by atoms with Gasteiger partial charge in [0, 0.05) is 18.6 Å². The average molecular weight is 234 g/mol. The zero-order valence-corrected chi connectivity index (χ0v) is 11.8. The van der Waals surface area contributed by atoms with E-state index in [1.54, 1.807) is 0 Å². The molecule has 0 aliphatic heterocycles. The summed E-state index contributed by atoms with van der Waals surface area (Å²) in [5, 5.41) is 0. The van der Waals surface area contributed by atoms with Crippen molar-refractivity contribution in [2.75, 3.05) is 13.6 Å². The van der Waals surface area contributed by atoms with Gasteiger partial charge in [-0.2, -0.15) is 0 Å². The number of likely N-dealkylation sites (N-methyl/N-ethyl adjacent to an activating group) is 1. The Bertz CT molecular complexity index is 327.